The van der Waals surface area contributed by atoms with Crippen molar-refractivity contribution in [3.63, 3.8) is 0 Å². The summed E-state index contributed by atoms with van der Waals surface area (Å²) in [4.78, 5) is 0. The fraction of sp³-hybridized carbons (Fsp3) is 0.933. The summed E-state index contributed by atoms with van der Waals surface area (Å²) in [6.07, 6.45) is 6.70. The van der Waals surface area contributed by atoms with Gasteiger partial charge >= 0.3 is 0 Å². The summed E-state index contributed by atoms with van der Waals surface area (Å²) in [5.41, 5.74) is -0.290. The van der Waals surface area contributed by atoms with E-state index >= 15 is 0 Å². The summed E-state index contributed by atoms with van der Waals surface area (Å²) < 4.78 is 5.69. The zero-order valence-electron chi connectivity index (χ0n) is 12.2. The van der Waals surface area contributed by atoms with Crippen molar-refractivity contribution in [2.24, 2.45) is 11.8 Å². The number of hydrogen-bond acceptors (Lipinski definition) is 3. The van der Waals surface area contributed by atoms with Crippen LogP contribution < -0.4 is 5.32 Å². The molecule has 3 heteroatoms. The highest BCUT2D eigenvalue weighted by Crippen LogP contribution is 2.37. The third-order valence-corrected chi connectivity index (χ3v) is 4.15. The second kappa shape index (κ2) is 7.76. The van der Waals surface area contributed by atoms with Gasteiger partial charge < -0.3 is 10.1 Å². The zero-order chi connectivity index (χ0) is 13.4. The van der Waals surface area contributed by atoms with E-state index in [1.54, 1.807) is 0 Å². The molecule has 0 aromatic heterocycles. The van der Waals surface area contributed by atoms with E-state index in [9.17, 15) is 5.26 Å². The van der Waals surface area contributed by atoms with Crippen LogP contribution in [-0.4, -0.2) is 25.8 Å². The highest BCUT2D eigenvalue weighted by atomic mass is 16.5. The molecule has 0 bridgehead atoms. The Kier molecular flexibility index (Phi) is 6.67. The highest BCUT2D eigenvalue weighted by molar-refractivity contribution is 5.13. The van der Waals surface area contributed by atoms with Crippen LogP contribution in [0.5, 0.6) is 0 Å². The molecular formula is C15H28N2O. The standard InChI is InChI=1S/C15H28N2O/c1-13(2)6-5-10-18-11-8-14-7-4-9-15(14,12-16)17-3/h13-14,17H,4-11H2,1-3H3. The SMILES string of the molecule is CNC1(C#N)CCCC1CCOCCCC(C)C. The Morgan fingerprint density at radius 1 is 1.44 bits per heavy atom. The van der Waals surface area contributed by atoms with Crippen LogP contribution in [0.15, 0.2) is 0 Å². The van der Waals surface area contributed by atoms with Crippen LogP contribution in [0.25, 0.3) is 0 Å². The molecule has 1 aliphatic rings. The fourth-order valence-corrected chi connectivity index (χ4v) is 2.92. The first-order valence-corrected chi connectivity index (χ1v) is 7.32. The van der Waals surface area contributed by atoms with E-state index < -0.39 is 0 Å². The zero-order valence-corrected chi connectivity index (χ0v) is 12.2. The highest BCUT2D eigenvalue weighted by Gasteiger charge is 2.41. The first-order chi connectivity index (χ1) is 8.64. The van der Waals surface area contributed by atoms with Gasteiger partial charge in [-0.25, -0.2) is 0 Å². The first kappa shape index (κ1) is 15.5. The Balaban J connectivity index is 2.17. The maximum atomic E-state index is 9.34. The maximum absolute atomic E-state index is 9.34. The maximum Gasteiger partial charge on any atom is 0.109 e. The molecule has 0 spiro atoms. The number of hydrogen-bond donors (Lipinski definition) is 1. The predicted molar refractivity (Wildman–Crippen MR) is 74.3 cm³/mol. The van der Waals surface area contributed by atoms with Crippen molar-refractivity contribution in [1.82, 2.24) is 5.32 Å². The van der Waals surface area contributed by atoms with Crippen molar-refractivity contribution >= 4 is 0 Å². The Bertz CT molecular complexity index is 272. The van der Waals surface area contributed by atoms with E-state index in [2.05, 4.69) is 25.2 Å². The lowest BCUT2D eigenvalue weighted by atomic mass is 9.86. The van der Waals surface area contributed by atoms with Gasteiger partial charge in [-0.1, -0.05) is 20.3 Å². The number of ether oxygens (including phenoxy) is 1. The monoisotopic (exact) mass is 252 g/mol. The molecule has 1 N–H and O–H groups in total. The summed E-state index contributed by atoms with van der Waals surface area (Å²) in [6.45, 7) is 6.15. The van der Waals surface area contributed by atoms with Crippen molar-refractivity contribution in [1.29, 1.82) is 5.26 Å². The van der Waals surface area contributed by atoms with Gasteiger partial charge in [0.1, 0.15) is 5.54 Å². The quantitative estimate of drug-likeness (QED) is 0.675. The van der Waals surface area contributed by atoms with Gasteiger partial charge in [-0.2, -0.15) is 5.26 Å². The number of rotatable bonds is 8. The minimum atomic E-state index is -0.290. The van der Waals surface area contributed by atoms with Gasteiger partial charge in [-0.3, -0.25) is 0 Å². The second-order valence-corrected chi connectivity index (χ2v) is 5.86. The average molecular weight is 252 g/mol. The minimum Gasteiger partial charge on any atom is -0.381 e. The fourth-order valence-electron chi connectivity index (χ4n) is 2.92. The van der Waals surface area contributed by atoms with Gasteiger partial charge in [0.15, 0.2) is 0 Å². The predicted octanol–water partition coefficient (Wildman–Crippen LogP) is 3.11. The van der Waals surface area contributed by atoms with E-state index in [0.29, 0.717) is 5.92 Å². The smallest absolute Gasteiger partial charge is 0.109 e. The van der Waals surface area contributed by atoms with E-state index in [4.69, 9.17) is 4.74 Å². The van der Waals surface area contributed by atoms with Crippen molar-refractivity contribution < 1.29 is 4.74 Å². The summed E-state index contributed by atoms with van der Waals surface area (Å²) in [7, 11) is 1.91. The Labute approximate surface area is 112 Å². The lowest BCUT2D eigenvalue weighted by molar-refractivity contribution is 0.107. The lowest BCUT2D eigenvalue weighted by Gasteiger charge is -2.28. The summed E-state index contributed by atoms with van der Waals surface area (Å²) in [6, 6.07) is 2.48. The van der Waals surface area contributed by atoms with Gasteiger partial charge in [-0.05, 0) is 51.0 Å². The van der Waals surface area contributed by atoms with Crippen LogP contribution in [0, 0.1) is 23.2 Å². The van der Waals surface area contributed by atoms with Crippen LogP contribution in [0.2, 0.25) is 0 Å². The molecular weight excluding hydrogens is 224 g/mol. The second-order valence-electron chi connectivity index (χ2n) is 5.86. The van der Waals surface area contributed by atoms with Crippen molar-refractivity contribution in [2.75, 3.05) is 20.3 Å². The number of nitrogens with zero attached hydrogens (tertiary/aromatic N) is 1. The molecule has 2 unspecified atom stereocenters. The molecule has 0 aromatic rings. The average Bonchev–Trinajstić information content (AvgIpc) is 2.76. The van der Waals surface area contributed by atoms with Gasteiger partial charge in [0.25, 0.3) is 0 Å². The largest absolute Gasteiger partial charge is 0.381 e. The van der Waals surface area contributed by atoms with Crippen LogP contribution >= 0.6 is 0 Å². The Morgan fingerprint density at radius 3 is 2.83 bits per heavy atom. The molecule has 0 radical (unpaired) electrons. The van der Waals surface area contributed by atoms with E-state index in [1.807, 2.05) is 7.05 Å². The van der Waals surface area contributed by atoms with Gasteiger partial charge in [0.05, 0.1) is 6.07 Å². The van der Waals surface area contributed by atoms with Gasteiger partial charge in [-0.15, -0.1) is 0 Å². The first-order valence-electron chi connectivity index (χ1n) is 7.32. The molecule has 18 heavy (non-hydrogen) atoms. The molecule has 1 saturated carbocycles. The molecule has 1 rings (SSSR count). The van der Waals surface area contributed by atoms with E-state index in [-0.39, 0.29) is 5.54 Å². The van der Waals surface area contributed by atoms with Gasteiger partial charge in [0.2, 0.25) is 0 Å². The Hall–Kier alpha value is -0.590. The topological polar surface area (TPSA) is 45.0 Å². The number of nitrogens with one attached hydrogen (secondary N) is 1. The van der Waals surface area contributed by atoms with Crippen molar-refractivity contribution in [3.8, 4) is 6.07 Å². The molecule has 104 valence electrons. The van der Waals surface area contributed by atoms with Crippen LogP contribution in [0.1, 0.15) is 52.4 Å². The summed E-state index contributed by atoms with van der Waals surface area (Å²) >= 11 is 0. The van der Waals surface area contributed by atoms with Crippen molar-refractivity contribution in [2.45, 2.75) is 57.9 Å². The lowest BCUT2D eigenvalue weighted by Crippen LogP contribution is -2.45. The molecule has 1 aliphatic carbocycles. The molecule has 3 nitrogen and oxygen atoms in total. The normalized spacial score (nSPS) is 27.6. The molecule has 0 amide bonds. The van der Waals surface area contributed by atoms with Crippen molar-refractivity contribution in [3.05, 3.63) is 0 Å². The number of nitriles is 1. The minimum absolute atomic E-state index is 0.290. The molecule has 2 atom stereocenters. The third-order valence-electron chi connectivity index (χ3n) is 4.15. The van der Waals surface area contributed by atoms with Gasteiger partial charge in [0, 0.05) is 13.2 Å². The van der Waals surface area contributed by atoms with Crippen LogP contribution in [0.4, 0.5) is 0 Å². The molecule has 0 heterocycles. The summed E-state index contributed by atoms with van der Waals surface area (Å²) in [5.74, 6) is 1.22. The van der Waals surface area contributed by atoms with E-state index in [0.717, 1.165) is 51.2 Å². The molecule has 0 saturated heterocycles. The Morgan fingerprint density at radius 2 is 2.22 bits per heavy atom. The van der Waals surface area contributed by atoms with Crippen LogP contribution in [-0.2, 0) is 4.74 Å². The molecule has 0 aromatic carbocycles. The molecule has 0 aliphatic heterocycles. The van der Waals surface area contributed by atoms with E-state index in [1.165, 1.54) is 6.42 Å². The third kappa shape index (κ3) is 4.26. The summed E-state index contributed by atoms with van der Waals surface area (Å²) in [5, 5.41) is 12.6. The molecule has 1 fully saturated rings. The van der Waals surface area contributed by atoms with Crippen LogP contribution in [0.3, 0.4) is 0 Å².